The van der Waals surface area contributed by atoms with Gasteiger partial charge in [0.05, 0.1) is 18.1 Å². The van der Waals surface area contributed by atoms with Gasteiger partial charge < -0.3 is 10.1 Å². The van der Waals surface area contributed by atoms with Crippen molar-refractivity contribution in [1.82, 2.24) is 0 Å². The van der Waals surface area contributed by atoms with E-state index in [1.165, 1.54) is 7.11 Å². The normalized spacial score (nSPS) is 11.0. The van der Waals surface area contributed by atoms with E-state index < -0.39 is 11.4 Å². The fourth-order valence-electron chi connectivity index (χ4n) is 2.09. The van der Waals surface area contributed by atoms with E-state index in [2.05, 4.69) is 10.1 Å². The van der Waals surface area contributed by atoms with Crippen molar-refractivity contribution in [1.29, 1.82) is 0 Å². The van der Waals surface area contributed by atoms with E-state index in [4.69, 9.17) is 11.6 Å². The maximum Gasteiger partial charge on any atom is 0.337 e. The summed E-state index contributed by atoms with van der Waals surface area (Å²) in [5.41, 5.74) is 1.20. The maximum absolute atomic E-state index is 12.6. The van der Waals surface area contributed by atoms with Crippen LogP contribution in [0.2, 0.25) is 5.02 Å². The summed E-state index contributed by atoms with van der Waals surface area (Å²) < 4.78 is 4.64. The molecule has 0 saturated carbocycles. The number of amides is 1. The van der Waals surface area contributed by atoms with Crippen LogP contribution in [0.4, 0.5) is 5.69 Å². The molecule has 0 aliphatic rings. The number of hydrogen-bond acceptors (Lipinski definition) is 3. The van der Waals surface area contributed by atoms with Crippen LogP contribution in [0.25, 0.3) is 0 Å². The zero-order valence-electron chi connectivity index (χ0n) is 13.2. The van der Waals surface area contributed by atoms with Gasteiger partial charge in [-0.15, -0.1) is 0 Å². The lowest BCUT2D eigenvalue weighted by Crippen LogP contribution is -2.34. The number of esters is 1. The number of anilines is 1. The number of rotatable bonds is 4. The molecule has 0 bridgehead atoms. The van der Waals surface area contributed by atoms with E-state index >= 15 is 0 Å². The number of ether oxygens (including phenoxy) is 1. The van der Waals surface area contributed by atoms with Crippen LogP contribution in [0.15, 0.2) is 48.5 Å². The molecule has 120 valence electrons. The highest BCUT2D eigenvalue weighted by atomic mass is 35.5. The number of halogens is 1. The van der Waals surface area contributed by atoms with E-state index in [-0.39, 0.29) is 5.91 Å². The summed E-state index contributed by atoms with van der Waals surface area (Å²) in [6.07, 6.45) is 0. The van der Waals surface area contributed by atoms with Crippen molar-refractivity contribution in [2.45, 2.75) is 19.3 Å². The van der Waals surface area contributed by atoms with Gasteiger partial charge in [0.1, 0.15) is 0 Å². The Kier molecular flexibility index (Phi) is 5.06. The van der Waals surface area contributed by atoms with E-state index in [0.717, 1.165) is 5.56 Å². The van der Waals surface area contributed by atoms with Crippen molar-refractivity contribution in [2.24, 2.45) is 0 Å². The van der Waals surface area contributed by atoms with Gasteiger partial charge >= 0.3 is 5.97 Å². The zero-order chi connectivity index (χ0) is 17.0. The van der Waals surface area contributed by atoms with Gasteiger partial charge in [-0.25, -0.2) is 4.79 Å². The first kappa shape index (κ1) is 17.0. The van der Waals surface area contributed by atoms with E-state index in [1.807, 2.05) is 26.0 Å². The Labute approximate surface area is 140 Å². The molecule has 4 nitrogen and oxygen atoms in total. The number of carbonyl (C=O) groups excluding carboxylic acids is 2. The van der Waals surface area contributed by atoms with Gasteiger partial charge in [-0.1, -0.05) is 23.7 Å². The molecule has 2 rings (SSSR count). The van der Waals surface area contributed by atoms with Crippen LogP contribution in [0, 0.1) is 0 Å². The van der Waals surface area contributed by atoms with Crippen LogP contribution in [-0.2, 0) is 14.9 Å². The van der Waals surface area contributed by atoms with Crippen LogP contribution in [-0.4, -0.2) is 19.0 Å². The molecule has 0 aromatic heterocycles. The van der Waals surface area contributed by atoms with Gasteiger partial charge in [0.2, 0.25) is 5.91 Å². The number of hydrogen-bond donors (Lipinski definition) is 1. The zero-order valence-corrected chi connectivity index (χ0v) is 14.0. The predicted molar refractivity (Wildman–Crippen MR) is 90.9 cm³/mol. The van der Waals surface area contributed by atoms with E-state index in [9.17, 15) is 9.59 Å². The molecule has 2 aromatic carbocycles. The minimum atomic E-state index is -0.717. The second kappa shape index (κ2) is 6.84. The van der Waals surface area contributed by atoms with Crippen molar-refractivity contribution in [3.8, 4) is 0 Å². The fraction of sp³-hybridized carbons (Fsp3) is 0.222. The summed E-state index contributed by atoms with van der Waals surface area (Å²) in [5.74, 6) is -0.560. The summed E-state index contributed by atoms with van der Waals surface area (Å²) in [7, 11) is 1.33. The average molecular weight is 332 g/mol. The molecule has 0 unspecified atom stereocenters. The predicted octanol–water partition coefficient (Wildman–Crippen LogP) is 4.04. The highest BCUT2D eigenvalue weighted by Gasteiger charge is 2.29. The molecule has 0 atom stereocenters. The smallest absolute Gasteiger partial charge is 0.337 e. The quantitative estimate of drug-likeness (QED) is 0.860. The Morgan fingerprint density at radius 3 is 2.09 bits per heavy atom. The molecule has 5 heteroatoms. The average Bonchev–Trinajstić information content (AvgIpc) is 2.55. The third-order valence-corrected chi connectivity index (χ3v) is 3.95. The Morgan fingerprint density at radius 2 is 1.57 bits per heavy atom. The molecule has 0 aliphatic heterocycles. The largest absolute Gasteiger partial charge is 0.465 e. The molecule has 2 aromatic rings. The number of carbonyl (C=O) groups is 2. The molecule has 1 amide bonds. The van der Waals surface area contributed by atoms with Crippen LogP contribution in [0.5, 0.6) is 0 Å². The van der Waals surface area contributed by atoms with Crippen LogP contribution in [0.1, 0.15) is 29.8 Å². The maximum atomic E-state index is 12.6. The molecular weight excluding hydrogens is 314 g/mol. The molecule has 0 spiro atoms. The Balaban J connectivity index is 2.14. The molecular formula is C18H18ClNO3. The standard InChI is InChI=1S/C18H18ClNO3/c1-18(2,13-6-8-14(19)9-7-13)17(22)20-15-10-4-12(5-11-15)16(21)23-3/h4-11H,1-3H3,(H,20,22). The van der Waals surface area contributed by atoms with Crippen molar-refractivity contribution < 1.29 is 14.3 Å². The van der Waals surface area contributed by atoms with Gasteiger partial charge in [-0.05, 0) is 55.8 Å². The number of methoxy groups -OCH3 is 1. The summed E-state index contributed by atoms with van der Waals surface area (Å²) >= 11 is 5.89. The third kappa shape index (κ3) is 3.90. The second-order valence-electron chi connectivity index (χ2n) is 5.65. The van der Waals surface area contributed by atoms with Crippen LogP contribution < -0.4 is 5.32 Å². The van der Waals surface area contributed by atoms with Gasteiger partial charge in [0.15, 0.2) is 0 Å². The molecule has 0 saturated heterocycles. The Bertz CT molecular complexity index is 706. The topological polar surface area (TPSA) is 55.4 Å². The van der Waals surface area contributed by atoms with Crippen molar-refractivity contribution in [2.75, 3.05) is 12.4 Å². The van der Waals surface area contributed by atoms with E-state index in [1.54, 1.807) is 36.4 Å². The first-order valence-electron chi connectivity index (χ1n) is 7.10. The lowest BCUT2D eigenvalue weighted by molar-refractivity contribution is -0.120. The fourth-order valence-corrected chi connectivity index (χ4v) is 2.22. The molecule has 23 heavy (non-hydrogen) atoms. The molecule has 0 radical (unpaired) electrons. The molecule has 0 fully saturated rings. The summed E-state index contributed by atoms with van der Waals surface area (Å²) in [4.78, 5) is 24.0. The Hall–Kier alpha value is -2.33. The number of benzene rings is 2. The minimum Gasteiger partial charge on any atom is -0.465 e. The molecule has 0 heterocycles. The van der Waals surface area contributed by atoms with Gasteiger partial charge in [-0.2, -0.15) is 0 Å². The van der Waals surface area contributed by atoms with Gasteiger partial charge in [0, 0.05) is 10.7 Å². The van der Waals surface area contributed by atoms with Crippen molar-refractivity contribution in [3.63, 3.8) is 0 Å². The molecule has 0 aliphatic carbocycles. The lowest BCUT2D eigenvalue weighted by Gasteiger charge is -2.24. The highest BCUT2D eigenvalue weighted by molar-refractivity contribution is 6.30. The third-order valence-electron chi connectivity index (χ3n) is 3.70. The van der Waals surface area contributed by atoms with Crippen molar-refractivity contribution >= 4 is 29.2 Å². The first-order chi connectivity index (χ1) is 10.8. The SMILES string of the molecule is COC(=O)c1ccc(NC(=O)C(C)(C)c2ccc(Cl)cc2)cc1. The van der Waals surface area contributed by atoms with Gasteiger partial charge in [-0.3, -0.25) is 4.79 Å². The van der Waals surface area contributed by atoms with Crippen LogP contribution >= 0.6 is 11.6 Å². The lowest BCUT2D eigenvalue weighted by atomic mass is 9.83. The second-order valence-corrected chi connectivity index (χ2v) is 6.09. The summed E-state index contributed by atoms with van der Waals surface area (Å²) in [6, 6.07) is 13.7. The molecule has 1 N–H and O–H groups in total. The van der Waals surface area contributed by atoms with E-state index in [0.29, 0.717) is 16.3 Å². The highest BCUT2D eigenvalue weighted by Crippen LogP contribution is 2.26. The Morgan fingerprint density at radius 1 is 1.00 bits per heavy atom. The first-order valence-corrected chi connectivity index (χ1v) is 7.48. The minimum absolute atomic E-state index is 0.148. The summed E-state index contributed by atoms with van der Waals surface area (Å²) in [5, 5.41) is 3.48. The number of nitrogens with one attached hydrogen (secondary N) is 1. The van der Waals surface area contributed by atoms with Crippen molar-refractivity contribution in [3.05, 3.63) is 64.7 Å². The monoisotopic (exact) mass is 331 g/mol. The summed E-state index contributed by atoms with van der Waals surface area (Å²) in [6.45, 7) is 3.68. The van der Waals surface area contributed by atoms with Gasteiger partial charge in [0.25, 0.3) is 0 Å². The van der Waals surface area contributed by atoms with Crippen LogP contribution in [0.3, 0.4) is 0 Å².